The molecule has 0 saturated heterocycles. The molecule has 0 saturated carbocycles. The molecular formula is C23H15NO3S. The van der Waals surface area contributed by atoms with Crippen molar-refractivity contribution in [2.24, 2.45) is 0 Å². The van der Waals surface area contributed by atoms with Crippen LogP contribution >= 0.6 is 11.8 Å². The average molecular weight is 385 g/mol. The number of ether oxygens (including phenoxy) is 2. The Morgan fingerprint density at radius 3 is 2.71 bits per heavy atom. The summed E-state index contributed by atoms with van der Waals surface area (Å²) < 4.78 is 11.0. The molecule has 3 aromatic carbocycles. The Labute approximate surface area is 165 Å². The maximum absolute atomic E-state index is 13.5. The number of rotatable bonds is 1. The third kappa shape index (κ3) is 2.23. The molecule has 5 heteroatoms. The van der Waals surface area contributed by atoms with Gasteiger partial charge in [0.2, 0.25) is 6.79 Å². The van der Waals surface area contributed by atoms with Gasteiger partial charge in [-0.3, -0.25) is 4.79 Å². The first-order valence-corrected chi connectivity index (χ1v) is 9.98. The average Bonchev–Trinajstić information content (AvgIpc) is 3.21. The van der Waals surface area contributed by atoms with Crippen LogP contribution in [-0.2, 0) is 0 Å². The fourth-order valence-corrected chi connectivity index (χ4v) is 5.32. The number of aromatic amines is 1. The van der Waals surface area contributed by atoms with Gasteiger partial charge in [0.25, 0.3) is 0 Å². The van der Waals surface area contributed by atoms with Gasteiger partial charge in [0.15, 0.2) is 16.9 Å². The molecule has 0 aliphatic carbocycles. The van der Waals surface area contributed by atoms with Gasteiger partial charge in [0.05, 0.1) is 10.9 Å². The molecule has 0 bridgehead atoms. The van der Waals surface area contributed by atoms with Gasteiger partial charge in [0, 0.05) is 26.9 Å². The van der Waals surface area contributed by atoms with Crippen LogP contribution in [0.4, 0.5) is 0 Å². The molecule has 1 unspecified atom stereocenters. The first-order chi connectivity index (χ1) is 13.8. The largest absolute Gasteiger partial charge is 0.454 e. The van der Waals surface area contributed by atoms with Crippen LogP contribution in [0.3, 0.4) is 0 Å². The highest BCUT2D eigenvalue weighted by Gasteiger charge is 2.31. The lowest BCUT2D eigenvalue weighted by Crippen LogP contribution is -2.19. The number of nitrogens with one attached hydrogen (secondary N) is 1. The van der Waals surface area contributed by atoms with E-state index >= 15 is 0 Å². The van der Waals surface area contributed by atoms with Gasteiger partial charge < -0.3 is 14.5 Å². The molecule has 136 valence electrons. The van der Waals surface area contributed by atoms with Crippen molar-refractivity contribution < 1.29 is 9.47 Å². The predicted molar refractivity (Wildman–Crippen MR) is 110 cm³/mol. The first kappa shape index (κ1) is 15.8. The zero-order valence-electron chi connectivity index (χ0n) is 14.8. The van der Waals surface area contributed by atoms with Crippen molar-refractivity contribution in [3.63, 3.8) is 0 Å². The molecule has 28 heavy (non-hydrogen) atoms. The number of fused-ring (bicyclic) bond motifs is 5. The molecule has 0 spiro atoms. The molecule has 1 aromatic heterocycles. The maximum atomic E-state index is 13.5. The Kier molecular flexibility index (Phi) is 3.34. The quantitative estimate of drug-likeness (QED) is 0.494. The minimum absolute atomic E-state index is 0.0778. The normalized spacial score (nSPS) is 16.6. The Hall–Kier alpha value is -3.18. The molecule has 3 heterocycles. The lowest BCUT2D eigenvalue weighted by molar-refractivity contribution is 0.174. The summed E-state index contributed by atoms with van der Waals surface area (Å²) in [6.07, 6.45) is 0. The fraction of sp³-hybridized carbons (Fsp3) is 0.0870. The Morgan fingerprint density at radius 1 is 0.929 bits per heavy atom. The summed E-state index contributed by atoms with van der Waals surface area (Å²) >= 11 is 1.70. The number of hydrogen-bond acceptors (Lipinski definition) is 4. The van der Waals surface area contributed by atoms with E-state index in [1.807, 2.05) is 54.6 Å². The second kappa shape index (κ2) is 5.91. The van der Waals surface area contributed by atoms with Crippen LogP contribution in [-0.4, -0.2) is 11.8 Å². The van der Waals surface area contributed by atoms with Crippen LogP contribution in [0.15, 0.2) is 76.4 Å². The van der Waals surface area contributed by atoms with Gasteiger partial charge in [-0.25, -0.2) is 0 Å². The SMILES string of the molecule is O=c1c2c([nH]c3ccccc13)-c1ccccc1SC2c1ccc2c(c1)OCO2. The van der Waals surface area contributed by atoms with E-state index in [0.717, 1.165) is 44.3 Å². The van der Waals surface area contributed by atoms with E-state index in [-0.39, 0.29) is 17.5 Å². The number of aromatic nitrogens is 1. The highest BCUT2D eigenvalue weighted by Crippen LogP contribution is 2.51. The van der Waals surface area contributed by atoms with Crippen LogP contribution in [0.2, 0.25) is 0 Å². The maximum Gasteiger partial charge on any atom is 0.231 e. The minimum atomic E-state index is -0.118. The third-order valence-corrected chi connectivity index (χ3v) is 6.66. The zero-order valence-corrected chi connectivity index (χ0v) is 15.6. The van der Waals surface area contributed by atoms with Crippen molar-refractivity contribution in [1.29, 1.82) is 0 Å². The highest BCUT2D eigenvalue weighted by atomic mass is 32.2. The number of benzene rings is 3. The smallest absolute Gasteiger partial charge is 0.231 e. The third-order valence-electron chi connectivity index (χ3n) is 5.31. The number of thioether (sulfide) groups is 1. The molecule has 4 aromatic rings. The van der Waals surface area contributed by atoms with E-state index in [1.54, 1.807) is 11.8 Å². The molecule has 2 aliphatic rings. The summed E-state index contributed by atoms with van der Waals surface area (Å²) in [7, 11) is 0. The fourth-order valence-electron chi connectivity index (χ4n) is 3.99. The van der Waals surface area contributed by atoms with E-state index in [2.05, 4.69) is 17.1 Å². The lowest BCUT2D eigenvalue weighted by atomic mass is 9.95. The van der Waals surface area contributed by atoms with E-state index in [9.17, 15) is 4.79 Å². The molecule has 2 aliphatic heterocycles. The highest BCUT2D eigenvalue weighted by molar-refractivity contribution is 8.00. The first-order valence-electron chi connectivity index (χ1n) is 9.10. The van der Waals surface area contributed by atoms with Gasteiger partial charge in [0.1, 0.15) is 0 Å². The molecule has 4 nitrogen and oxygen atoms in total. The van der Waals surface area contributed by atoms with Crippen molar-refractivity contribution in [2.75, 3.05) is 6.79 Å². The second-order valence-corrected chi connectivity index (χ2v) is 8.04. The van der Waals surface area contributed by atoms with Crippen LogP contribution in [0, 0.1) is 0 Å². The van der Waals surface area contributed by atoms with Crippen molar-refractivity contribution in [3.05, 3.63) is 88.1 Å². The van der Waals surface area contributed by atoms with Gasteiger partial charge in [-0.2, -0.15) is 0 Å². The summed E-state index contributed by atoms with van der Waals surface area (Å²) in [6, 6.07) is 21.9. The van der Waals surface area contributed by atoms with Crippen LogP contribution in [0.1, 0.15) is 16.4 Å². The van der Waals surface area contributed by atoms with E-state index in [1.165, 1.54) is 0 Å². The number of pyridine rings is 1. The van der Waals surface area contributed by atoms with Crippen molar-refractivity contribution >= 4 is 22.7 Å². The predicted octanol–water partition coefficient (Wildman–Crippen LogP) is 5.12. The molecule has 0 amide bonds. The summed E-state index contributed by atoms with van der Waals surface area (Å²) in [6.45, 7) is 0.237. The van der Waals surface area contributed by atoms with Crippen LogP contribution in [0.5, 0.6) is 11.5 Å². The van der Waals surface area contributed by atoms with Gasteiger partial charge in [-0.15, -0.1) is 11.8 Å². The summed E-state index contributed by atoms with van der Waals surface area (Å²) in [5.41, 5.74) is 4.74. The van der Waals surface area contributed by atoms with Crippen LogP contribution < -0.4 is 14.9 Å². The number of hydrogen-bond donors (Lipinski definition) is 1. The minimum Gasteiger partial charge on any atom is -0.454 e. The molecule has 6 rings (SSSR count). The standard InChI is InChI=1S/C23H15NO3S/c25-22-14-5-1-3-7-16(14)24-21-15-6-2-4-8-19(15)28-23(20(21)22)13-9-10-17-18(11-13)27-12-26-17/h1-11,23H,12H2,(H,24,25). The second-order valence-electron chi connectivity index (χ2n) is 6.90. The molecule has 1 N–H and O–H groups in total. The van der Waals surface area contributed by atoms with E-state index in [0.29, 0.717) is 5.39 Å². The number of H-pyrrole nitrogens is 1. The molecule has 0 radical (unpaired) electrons. The van der Waals surface area contributed by atoms with Crippen molar-refractivity contribution in [1.82, 2.24) is 4.98 Å². The van der Waals surface area contributed by atoms with Crippen molar-refractivity contribution in [2.45, 2.75) is 10.1 Å². The van der Waals surface area contributed by atoms with Gasteiger partial charge >= 0.3 is 0 Å². The molecule has 1 atom stereocenters. The Morgan fingerprint density at radius 2 is 1.75 bits per heavy atom. The topological polar surface area (TPSA) is 51.3 Å². The monoisotopic (exact) mass is 385 g/mol. The van der Waals surface area contributed by atoms with Crippen molar-refractivity contribution in [3.8, 4) is 22.8 Å². The summed E-state index contributed by atoms with van der Waals surface area (Å²) in [5.74, 6) is 1.48. The van der Waals surface area contributed by atoms with Crippen LogP contribution in [0.25, 0.3) is 22.2 Å². The molecular weight excluding hydrogens is 370 g/mol. The van der Waals surface area contributed by atoms with E-state index < -0.39 is 0 Å². The zero-order chi connectivity index (χ0) is 18.7. The lowest BCUT2D eigenvalue weighted by Gasteiger charge is -2.27. The van der Waals surface area contributed by atoms with E-state index in [4.69, 9.17) is 9.47 Å². The Balaban J connectivity index is 1.65. The summed E-state index contributed by atoms with van der Waals surface area (Å²) in [5, 5.41) is 0.597. The van der Waals surface area contributed by atoms with Gasteiger partial charge in [-0.05, 0) is 35.9 Å². The Bertz CT molecular complexity index is 1310. The van der Waals surface area contributed by atoms with Gasteiger partial charge in [-0.1, -0.05) is 36.4 Å². The summed E-state index contributed by atoms with van der Waals surface area (Å²) in [4.78, 5) is 18.2. The molecule has 0 fully saturated rings. The number of para-hydroxylation sites is 1.